The lowest BCUT2D eigenvalue weighted by molar-refractivity contribution is -0.274. The number of carbonyl (C=O) groups is 2. The molecule has 0 radical (unpaired) electrons. The molecule has 4 rings (SSSR count). The molecule has 1 aliphatic heterocycles. The van der Waals surface area contributed by atoms with E-state index in [1.54, 1.807) is 43.3 Å². The van der Waals surface area contributed by atoms with Gasteiger partial charge in [-0.05, 0) is 73.5 Å². The van der Waals surface area contributed by atoms with E-state index >= 15 is 0 Å². The molecule has 0 saturated carbocycles. The van der Waals surface area contributed by atoms with Gasteiger partial charge in [0.15, 0.2) is 0 Å². The molecule has 7 nitrogen and oxygen atoms in total. The summed E-state index contributed by atoms with van der Waals surface area (Å²) >= 11 is 0. The van der Waals surface area contributed by atoms with E-state index in [0.29, 0.717) is 24.0 Å². The van der Waals surface area contributed by atoms with Gasteiger partial charge in [0.1, 0.15) is 34.8 Å². The Kier molecular flexibility index (Phi) is 7.02. The van der Waals surface area contributed by atoms with Crippen molar-refractivity contribution < 1.29 is 41.8 Å². The van der Waals surface area contributed by atoms with Crippen LogP contribution in [0.25, 0.3) is 5.76 Å². The molecule has 1 fully saturated rings. The van der Waals surface area contributed by atoms with Gasteiger partial charge in [-0.25, -0.2) is 0 Å². The second kappa shape index (κ2) is 10.0. The molecule has 1 amide bonds. The molecule has 1 aromatic heterocycles. The van der Waals surface area contributed by atoms with E-state index in [2.05, 4.69) is 4.74 Å². The van der Waals surface area contributed by atoms with Gasteiger partial charge in [0, 0.05) is 11.3 Å². The molecule has 1 aliphatic rings. The summed E-state index contributed by atoms with van der Waals surface area (Å²) in [6.45, 7) is 6.19. The number of aryl methyl sites for hydroxylation is 1. The number of rotatable bonds is 7. The Morgan fingerprint density at radius 1 is 1.00 bits per heavy atom. The number of Topliss-reactive ketones (excluding diaryl/α,β-unsaturated/α-hetero) is 1. The van der Waals surface area contributed by atoms with Gasteiger partial charge in [-0.2, -0.15) is 0 Å². The molecule has 1 unspecified atom stereocenters. The number of hydrogen-bond acceptors (Lipinski definition) is 6. The summed E-state index contributed by atoms with van der Waals surface area (Å²) < 4.78 is 52.9. The van der Waals surface area contributed by atoms with Crippen molar-refractivity contribution in [3.63, 3.8) is 0 Å². The van der Waals surface area contributed by atoms with Crippen molar-refractivity contribution >= 4 is 23.1 Å². The monoisotopic (exact) mass is 515 g/mol. The normalized spacial score (nSPS) is 17.5. The number of amides is 1. The van der Waals surface area contributed by atoms with Crippen LogP contribution in [0.4, 0.5) is 18.9 Å². The van der Waals surface area contributed by atoms with E-state index in [-0.39, 0.29) is 22.6 Å². The summed E-state index contributed by atoms with van der Waals surface area (Å²) in [7, 11) is 0. The molecule has 0 spiro atoms. The molecular weight excluding hydrogens is 491 g/mol. The van der Waals surface area contributed by atoms with Gasteiger partial charge in [0.2, 0.25) is 0 Å². The van der Waals surface area contributed by atoms with E-state index in [1.807, 2.05) is 13.8 Å². The fraction of sp³-hybridized carbons (Fsp3) is 0.259. The highest BCUT2D eigenvalue weighted by Gasteiger charge is 2.48. The number of ether oxygens (including phenoxy) is 2. The van der Waals surface area contributed by atoms with Crippen molar-refractivity contribution in [2.24, 2.45) is 5.92 Å². The van der Waals surface area contributed by atoms with Crippen molar-refractivity contribution in [2.75, 3.05) is 11.5 Å². The largest absolute Gasteiger partial charge is 0.573 e. The number of aliphatic hydroxyl groups excluding tert-OH is 1. The van der Waals surface area contributed by atoms with E-state index in [1.165, 1.54) is 12.1 Å². The Morgan fingerprint density at radius 2 is 1.62 bits per heavy atom. The van der Waals surface area contributed by atoms with Crippen LogP contribution >= 0.6 is 0 Å². The van der Waals surface area contributed by atoms with Crippen LogP contribution in [0.15, 0.2) is 70.7 Å². The van der Waals surface area contributed by atoms with Crippen LogP contribution in [0.1, 0.15) is 37.0 Å². The number of anilines is 1. The molecule has 1 N–H and O–H groups in total. The topological polar surface area (TPSA) is 89.2 Å². The minimum Gasteiger partial charge on any atom is -0.507 e. The number of ketones is 1. The van der Waals surface area contributed by atoms with Crippen LogP contribution in [0.2, 0.25) is 0 Å². The maximum atomic E-state index is 13.1. The van der Waals surface area contributed by atoms with Crippen LogP contribution in [-0.4, -0.2) is 29.8 Å². The lowest BCUT2D eigenvalue weighted by Crippen LogP contribution is -2.29. The number of halogens is 3. The summed E-state index contributed by atoms with van der Waals surface area (Å²) in [5.41, 5.74) is 0.176. The maximum Gasteiger partial charge on any atom is 0.573 e. The van der Waals surface area contributed by atoms with E-state index in [0.717, 1.165) is 17.0 Å². The van der Waals surface area contributed by atoms with E-state index < -0.39 is 35.6 Å². The first-order chi connectivity index (χ1) is 17.4. The zero-order valence-electron chi connectivity index (χ0n) is 20.2. The number of nitrogens with zero attached hydrogens (tertiary/aromatic N) is 1. The SMILES string of the molecule is Cc1ccc(C2/C(=C(/O)c3ccc(OCC(C)C)cc3)C(=O)C(=O)N2c2ccc(OC(F)(F)F)cc2)o1. The standard InChI is InChI=1S/C27H24F3NO6/c1-15(2)14-35-19-9-5-17(6-10-19)24(32)22-23(21-13-4-16(3)36-21)31(26(34)25(22)33)18-7-11-20(12-8-18)37-27(28,29)30/h4-13,15,23,32H,14H2,1-3H3/b24-22-. The predicted octanol–water partition coefficient (Wildman–Crippen LogP) is 6.15. The van der Waals surface area contributed by atoms with Gasteiger partial charge in [0.25, 0.3) is 11.7 Å². The van der Waals surface area contributed by atoms with Gasteiger partial charge < -0.3 is 19.0 Å². The average molecular weight is 515 g/mol. The van der Waals surface area contributed by atoms with Crippen molar-refractivity contribution in [3.8, 4) is 11.5 Å². The molecule has 2 aromatic carbocycles. The molecule has 1 saturated heterocycles. The Morgan fingerprint density at radius 3 is 2.16 bits per heavy atom. The van der Waals surface area contributed by atoms with Crippen molar-refractivity contribution in [1.29, 1.82) is 0 Å². The summed E-state index contributed by atoms with van der Waals surface area (Å²) in [5.74, 6) is -1.26. The van der Waals surface area contributed by atoms with E-state index in [9.17, 15) is 27.9 Å². The lowest BCUT2D eigenvalue weighted by Gasteiger charge is -2.23. The minimum atomic E-state index is -4.88. The Hall–Kier alpha value is -4.21. The highest BCUT2D eigenvalue weighted by molar-refractivity contribution is 6.51. The number of hydrogen-bond donors (Lipinski definition) is 1. The quantitative estimate of drug-likeness (QED) is 0.231. The van der Waals surface area contributed by atoms with E-state index in [4.69, 9.17) is 9.15 Å². The summed E-state index contributed by atoms with van der Waals surface area (Å²) in [6, 6.07) is 12.9. The van der Waals surface area contributed by atoms with Crippen LogP contribution in [0.5, 0.6) is 11.5 Å². The number of aliphatic hydroxyl groups is 1. The van der Waals surface area contributed by atoms with Gasteiger partial charge in [-0.15, -0.1) is 13.2 Å². The molecule has 3 aromatic rings. The number of furan rings is 1. The van der Waals surface area contributed by atoms with Gasteiger partial charge in [-0.3, -0.25) is 14.5 Å². The number of benzene rings is 2. The molecule has 194 valence electrons. The fourth-order valence-electron chi connectivity index (χ4n) is 3.90. The van der Waals surface area contributed by atoms with Crippen LogP contribution in [0, 0.1) is 12.8 Å². The highest BCUT2D eigenvalue weighted by Crippen LogP contribution is 2.43. The molecule has 2 heterocycles. The Balaban J connectivity index is 1.75. The predicted molar refractivity (Wildman–Crippen MR) is 128 cm³/mol. The van der Waals surface area contributed by atoms with Gasteiger partial charge >= 0.3 is 6.36 Å². The average Bonchev–Trinajstić information content (AvgIpc) is 3.38. The molecule has 0 bridgehead atoms. The van der Waals surface area contributed by atoms with Crippen molar-refractivity contribution in [3.05, 3.63) is 83.3 Å². The van der Waals surface area contributed by atoms with Gasteiger partial charge in [-0.1, -0.05) is 13.8 Å². The second-order valence-corrected chi connectivity index (χ2v) is 8.89. The summed E-state index contributed by atoms with van der Waals surface area (Å²) in [4.78, 5) is 27.3. The third-order valence-corrected chi connectivity index (χ3v) is 5.53. The van der Waals surface area contributed by atoms with Crippen LogP contribution < -0.4 is 14.4 Å². The zero-order chi connectivity index (χ0) is 26.9. The molecule has 37 heavy (non-hydrogen) atoms. The second-order valence-electron chi connectivity index (χ2n) is 8.89. The first kappa shape index (κ1) is 25.9. The first-order valence-electron chi connectivity index (χ1n) is 11.4. The van der Waals surface area contributed by atoms with Crippen molar-refractivity contribution in [1.82, 2.24) is 0 Å². The Labute approximate surface area is 210 Å². The minimum absolute atomic E-state index is 0.118. The Bertz CT molecular complexity index is 1320. The molecule has 0 aliphatic carbocycles. The zero-order valence-corrected chi connectivity index (χ0v) is 20.2. The first-order valence-corrected chi connectivity index (χ1v) is 11.4. The highest BCUT2D eigenvalue weighted by atomic mass is 19.4. The van der Waals surface area contributed by atoms with Gasteiger partial charge in [0.05, 0.1) is 12.2 Å². The lowest BCUT2D eigenvalue weighted by atomic mass is 9.99. The summed E-state index contributed by atoms with van der Waals surface area (Å²) in [6.07, 6.45) is -4.88. The molecular formula is C27H24F3NO6. The number of carbonyl (C=O) groups excluding carboxylic acids is 2. The smallest absolute Gasteiger partial charge is 0.507 e. The van der Waals surface area contributed by atoms with Crippen LogP contribution in [-0.2, 0) is 9.59 Å². The van der Waals surface area contributed by atoms with Crippen molar-refractivity contribution in [2.45, 2.75) is 33.2 Å². The molecule has 10 heteroatoms. The maximum absolute atomic E-state index is 13.1. The van der Waals surface area contributed by atoms with Crippen LogP contribution in [0.3, 0.4) is 0 Å². The third kappa shape index (κ3) is 5.63. The fourth-order valence-corrected chi connectivity index (χ4v) is 3.90. The number of alkyl halides is 3. The third-order valence-electron chi connectivity index (χ3n) is 5.53. The molecule has 1 atom stereocenters. The summed E-state index contributed by atoms with van der Waals surface area (Å²) in [5, 5.41) is 11.1.